The molecule has 0 atom stereocenters. The second-order valence-corrected chi connectivity index (χ2v) is 8.49. The molecular formula is C24H29N7O4. The Kier molecular flexibility index (Phi) is 7.23. The Balaban J connectivity index is 1.41. The minimum Gasteiger partial charge on any atom is -0.478 e. The van der Waals surface area contributed by atoms with Gasteiger partial charge in [0.2, 0.25) is 5.91 Å². The number of likely N-dealkylation sites (tertiary alicyclic amines) is 1. The summed E-state index contributed by atoms with van der Waals surface area (Å²) < 4.78 is 3.27. The number of hydrogen-bond acceptors (Lipinski definition) is 6. The van der Waals surface area contributed by atoms with Gasteiger partial charge in [-0.2, -0.15) is 0 Å². The molecule has 1 saturated heterocycles. The van der Waals surface area contributed by atoms with Crippen LogP contribution in [0, 0.1) is 5.92 Å². The van der Waals surface area contributed by atoms with Crippen LogP contribution in [0.5, 0.6) is 0 Å². The van der Waals surface area contributed by atoms with Gasteiger partial charge in [-0.05, 0) is 44.9 Å². The molecule has 4 rings (SSSR count). The summed E-state index contributed by atoms with van der Waals surface area (Å²) in [5.41, 5.74) is 1.69. The summed E-state index contributed by atoms with van der Waals surface area (Å²) in [7, 11) is 0. The van der Waals surface area contributed by atoms with Crippen molar-refractivity contribution in [2.75, 3.05) is 26.2 Å². The van der Waals surface area contributed by atoms with Gasteiger partial charge >= 0.3 is 5.97 Å². The van der Waals surface area contributed by atoms with Gasteiger partial charge in [-0.1, -0.05) is 5.21 Å². The van der Waals surface area contributed by atoms with Crippen LogP contribution in [-0.2, 0) is 11.3 Å². The van der Waals surface area contributed by atoms with Crippen LogP contribution in [0.1, 0.15) is 53.2 Å². The molecule has 0 spiro atoms. The summed E-state index contributed by atoms with van der Waals surface area (Å²) in [6.45, 7) is 6.79. The SMILES string of the molecule is CCN(CC)C(=O)C1CCN(C(=O)c2cccn2Cc2cn(-c3cncc(C(=O)O)c3)nn2)CC1. The van der Waals surface area contributed by atoms with E-state index in [0.717, 1.165) is 0 Å². The molecule has 0 aromatic carbocycles. The van der Waals surface area contributed by atoms with Gasteiger partial charge < -0.3 is 19.5 Å². The fourth-order valence-corrected chi connectivity index (χ4v) is 4.37. The van der Waals surface area contributed by atoms with Crippen molar-refractivity contribution >= 4 is 17.8 Å². The Morgan fingerprint density at radius 3 is 2.57 bits per heavy atom. The lowest BCUT2D eigenvalue weighted by Gasteiger charge is -2.33. The fraction of sp³-hybridized carbons (Fsp3) is 0.417. The summed E-state index contributed by atoms with van der Waals surface area (Å²) in [5.74, 6) is -1.00. The Morgan fingerprint density at radius 2 is 1.89 bits per heavy atom. The third-order valence-electron chi connectivity index (χ3n) is 6.36. The summed E-state index contributed by atoms with van der Waals surface area (Å²) in [6.07, 6.45) is 7.60. The molecule has 2 amide bonds. The molecule has 1 aliphatic heterocycles. The number of hydrogen-bond donors (Lipinski definition) is 1. The first-order valence-corrected chi connectivity index (χ1v) is 11.7. The topological polar surface area (TPSA) is 126 Å². The van der Waals surface area contributed by atoms with Crippen LogP contribution in [-0.4, -0.2) is 83.4 Å². The van der Waals surface area contributed by atoms with Gasteiger partial charge in [-0.15, -0.1) is 5.10 Å². The first kappa shape index (κ1) is 24.1. The molecule has 3 aromatic heterocycles. The molecule has 4 heterocycles. The minimum absolute atomic E-state index is 0.0325. The van der Waals surface area contributed by atoms with Crippen LogP contribution in [0.25, 0.3) is 5.69 Å². The maximum absolute atomic E-state index is 13.2. The number of rotatable bonds is 8. The third-order valence-corrected chi connectivity index (χ3v) is 6.36. The molecule has 1 aliphatic rings. The smallest absolute Gasteiger partial charge is 0.337 e. The predicted molar refractivity (Wildman–Crippen MR) is 126 cm³/mol. The average molecular weight is 480 g/mol. The van der Waals surface area contributed by atoms with E-state index in [0.29, 0.717) is 62.6 Å². The van der Waals surface area contributed by atoms with Crippen molar-refractivity contribution < 1.29 is 19.5 Å². The number of carboxylic acid groups (broad SMARTS) is 1. The molecule has 0 saturated carbocycles. The number of carbonyl (C=O) groups is 3. The van der Waals surface area contributed by atoms with Crippen molar-refractivity contribution in [3.05, 3.63) is 59.9 Å². The Morgan fingerprint density at radius 1 is 1.14 bits per heavy atom. The zero-order chi connectivity index (χ0) is 24.9. The van der Waals surface area contributed by atoms with Gasteiger partial charge in [0.1, 0.15) is 11.4 Å². The molecule has 11 nitrogen and oxygen atoms in total. The number of pyridine rings is 1. The second kappa shape index (κ2) is 10.5. The van der Waals surface area contributed by atoms with Crippen LogP contribution >= 0.6 is 0 Å². The minimum atomic E-state index is -1.07. The van der Waals surface area contributed by atoms with Gasteiger partial charge in [0.15, 0.2) is 0 Å². The molecule has 0 unspecified atom stereocenters. The summed E-state index contributed by atoms with van der Waals surface area (Å²) >= 11 is 0. The van der Waals surface area contributed by atoms with Crippen molar-refractivity contribution in [2.24, 2.45) is 5.92 Å². The van der Waals surface area contributed by atoms with Crippen molar-refractivity contribution in [1.82, 2.24) is 34.3 Å². The number of aromatic nitrogens is 5. The molecule has 184 valence electrons. The lowest BCUT2D eigenvalue weighted by Crippen LogP contribution is -2.44. The number of aromatic carboxylic acids is 1. The van der Waals surface area contributed by atoms with Gasteiger partial charge in [0.25, 0.3) is 5.91 Å². The lowest BCUT2D eigenvalue weighted by atomic mass is 9.95. The third kappa shape index (κ3) is 5.23. The van der Waals surface area contributed by atoms with Crippen molar-refractivity contribution in [3.8, 4) is 5.69 Å². The standard InChI is InChI=1S/C24H29N7O4/c1-3-28(4-2)22(32)17-7-10-29(11-8-17)23(33)21-6-5-9-30(21)15-19-16-31(27-26-19)20-12-18(24(34)35)13-25-14-20/h5-6,9,12-14,16-17H,3-4,7-8,10-11,15H2,1-2H3,(H,34,35). The Labute approximate surface area is 203 Å². The molecule has 0 aliphatic carbocycles. The van der Waals surface area contributed by atoms with Gasteiger partial charge in [0, 0.05) is 44.5 Å². The molecule has 1 fully saturated rings. The van der Waals surface area contributed by atoms with E-state index in [1.165, 1.54) is 23.1 Å². The highest BCUT2D eigenvalue weighted by molar-refractivity contribution is 5.93. The molecular weight excluding hydrogens is 450 g/mol. The Bertz CT molecular complexity index is 1210. The van der Waals surface area contributed by atoms with E-state index in [9.17, 15) is 14.4 Å². The number of amides is 2. The summed E-state index contributed by atoms with van der Waals surface area (Å²) in [5, 5.41) is 17.4. The van der Waals surface area contributed by atoms with Crippen LogP contribution < -0.4 is 0 Å². The van der Waals surface area contributed by atoms with Gasteiger partial charge in [-0.25, -0.2) is 9.48 Å². The van der Waals surface area contributed by atoms with Crippen molar-refractivity contribution in [2.45, 2.75) is 33.2 Å². The lowest BCUT2D eigenvalue weighted by molar-refractivity contribution is -0.136. The second-order valence-electron chi connectivity index (χ2n) is 8.49. The van der Waals surface area contributed by atoms with E-state index < -0.39 is 5.97 Å². The van der Waals surface area contributed by atoms with E-state index in [1.54, 1.807) is 17.2 Å². The summed E-state index contributed by atoms with van der Waals surface area (Å²) in [4.78, 5) is 44.7. The van der Waals surface area contributed by atoms with E-state index >= 15 is 0 Å². The van der Waals surface area contributed by atoms with E-state index in [2.05, 4.69) is 15.3 Å². The van der Waals surface area contributed by atoms with Crippen molar-refractivity contribution in [1.29, 1.82) is 0 Å². The van der Waals surface area contributed by atoms with Crippen LogP contribution in [0.3, 0.4) is 0 Å². The fourth-order valence-electron chi connectivity index (χ4n) is 4.37. The van der Waals surface area contributed by atoms with Crippen LogP contribution in [0.15, 0.2) is 43.0 Å². The molecule has 1 N–H and O–H groups in total. The highest BCUT2D eigenvalue weighted by atomic mass is 16.4. The van der Waals surface area contributed by atoms with Gasteiger partial charge in [-0.3, -0.25) is 14.6 Å². The normalized spacial score (nSPS) is 14.2. The molecule has 35 heavy (non-hydrogen) atoms. The monoisotopic (exact) mass is 479 g/mol. The maximum atomic E-state index is 13.2. The zero-order valence-corrected chi connectivity index (χ0v) is 19.9. The van der Waals surface area contributed by atoms with Crippen molar-refractivity contribution in [3.63, 3.8) is 0 Å². The first-order valence-electron chi connectivity index (χ1n) is 11.7. The zero-order valence-electron chi connectivity index (χ0n) is 19.9. The molecule has 11 heteroatoms. The average Bonchev–Trinajstić information content (AvgIpc) is 3.54. The molecule has 0 radical (unpaired) electrons. The predicted octanol–water partition coefficient (Wildman–Crippen LogP) is 1.93. The van der Waals surface area contributed by atoms with E-state index in [-0.39, 0.29) is 23.3 Å². The van der Waals surface area contributed by atoms with E-state index in [1.807, 2.05) is 35.6 Å². The van der Waals surface area contributed by atoms with Crippen LogP contribution in [0.4, 0.5) is 0 Å². The number of carboxylic acids is 1. The number of carbonyl (C=O) groups excluding carboxylic acids is 2. The maximum Gasteiger partial charge on any atom is 0.337 e. The van der Waals surface area contributed by atoms with E-state index in [4.69, 9.17) is 5.11 Å². The van der Waals surface area contributed by atoms with Crippen LogP contribution in [0.2, 0.25) is 0 Å². The Hall–Kier alpha value is -4.02. The first-order chi connectivity index (χ1) is 16.9. The summed E-state index contributed by atoms with van der Waals surface area (Å²) in [6, 6.07) is 5.06. The van der Waals surface area contributed by atoms with Gasteiger partial charge in [0.05, 0.1) is 30.2 Å². The number of piperidine rings is 1. The quantitative estimate of drug-likeness (QED) is 0.523. The highest BCUT2D eigenvalue weighted by Gasteiger charge is 2.30. The highest BCUT2D eigenvalue weighted by Crippen LogP contribution is 2.22. The molecule has 0 bridgehead atoms. The largest absolute Gasteiger partial charge is 0.478 e. The number of nitrogens with zero attached hydrogens (tertiary/aromatic N) is 7. The molecule has 3 aromatic rings.